The van der Waals surface area contributed by atoms with E-state index in [9.17, 15) is 27.9 Å². The van der Waals surface area contributed by atoms with Crippen LogP contribution in [0.25, 0.3) is 0 Å². The minimum Gasteiger partial charge on any atom is -0.478 e. The van der Waals surface area contributed by atoms with Crippen LogP contribution in [-0.4, -0.2) is 65.3 Å². The topological polar surface area (TPSA) is 110 Å². The van der Waals surface area contributed by atoms with Crippen LogP contribution in [0.2, 0.25) is 0 Å². The quantitative estimate of drug-likeness (QED) is 0.406. The number of amides is 1. The third kappa shape index (κ3) is 8.05. The molecule has 0 radical (unpaired) electrons. The molecular weight excluding hydrogens is 515 g/mol. The third-order valence-electron chi connectivity index (χ3n) is 6.04. The Morgan fingerprint density at radius 1 is 0.821 bits per heavy atom. The summed E-state index contributed by atoms with van der Waals surface area (Å²) >= 11 is 0. The van der Waals surface area contributed by atoms with Crippen LogP contribution in [0, 0.1) is 0 Å². The molecule has 1 aliphatic rings. The van der Waals surface area contributed by atoms with E-state index < -0.39 is 18.1 Å². The maximum atomic E-state index is 11.9. The van der Waals surface area contributed by atoms with Gasteiger partial charge in [-0.25, -0.2) is 9.59 Å². The Labute approximate surface area is 223 Å². The van der Waals surface area contributed by atoms with E-state index in [0.717, 1.165) is 26.2 Å². The first-order valence-electron chi connectivity index (χ1n) is 12.0. The molecule has 1 aliphatic heterocycles. The van der Waals surface area contributed by atoms with Gasteiger partial charge in [-0.15, -0.1) is 0 Å². The first-order valence-corrected chi connectivity index (χ1v) is 12.0. The maximum Gasteiger partial charge on any atom is 0.490 e. The van der Waals surface area contributed by atoms with Gasteiger partial charge in [0, 0.05) is 38.8 Å². The highest BCUT2D eigenvalue weighted by atomic mass is 19.4. The average Bonchev–Trinajstić information content (AvgIpc) is 2.90. The van der Waals surface area contributed by atoms with E-state index in [1.165, 1.54) is 24.1 Å². The van der Waals surface area contributed by atoms with Gasteiger partial charge >= 0.3 is 18.1 Å². The molecular formula is C28H28F3N3O5. The summed E-state index contributed by atoms with van der Waals surface area (Å²) in [5.41, 5.74) is 3.87. The number of nitrogens with one attached hydrogen (secondary N) is 1. The van der Waals surface area contributed by atoms with E-state index >= 15 is 0 Å². The highest BCUT2D eigenvalue weighted by Gasteiger charge is 2.38. The number of carboxylic acid groups (broad SMARTS) is 2. The van der Waals surface area contributed by atoms with Gasteiger partial charge in [0.2, 0.25) is 5.91 Å². The summed E-state index contributed by atoms with van der Waals surface area (Å²) in [5, 5.41) is 19.5. The Morgan fingerprint density at radius 3 is 1.72 bits per heavy atom. The number of piperazine rings is 1. The lowest BCUT2D eigenvalue weighted by Gasteiger charge is -2.41. The number of anilines is 2. The van der Waals surface area contributed by atoms with E-state index in [1.807, 2.05) is 12.1 Å². The number of hydrogen-bond donors (Lipinski definition) is 3. The lowest BCUT2D eigenvalue weighted by molar-refractivity contribution is -0.192. The lowest BCUT2D eigenvalue weighted by atomic mass is 9.96. The summed E-state index contributed by atoms with van der Waals surface area (Å²) in [6, 6.07) is 26.2. The molecule has 8 nitrogen and oxygen atoms in total. The molecule has 206 valence electrons. The molecule has 1 fully saturated rings. The fourth-order valence-corrected chi connectivity index (χ4v) is 4.37. The van der Waals surface area contributed by atoms with E-state index in [2.05, 4.69) is 63.6 Å². The minimum atomic E-state index is -5.08. The summed E-state index contributed by atoms with van der Waals surface area (Å²) in [6.45, 7) is 4.46. The van der Waals surface area contributed by atoms with Crippen LogP contribution in [-0.2, 0) is 9.59 Å². The van der Waals surface area contributed by atoms with Crippen LogP contribution in [0.4, 0.5) is 24.5 Å². The standard InChI is InChI=1S/C26H27N3O3.C2HF3O2/c1-19(30)27-22-12-13-24(23(18-22)26(31)32)28-14-16-29(17-15-28)25(20-8-4-2-5-9-20)21-10-6-3-7-11-21;3-2(4,5)1(6)7/h2-13,18,25H,14-17H2,1H3,(H,27,30)(H,31,32);(H,6,7). The van der Waals surface area contributed by atoms with Crippen molar-refractivity contribution in [3.05, 3.63) is 95.6 Å². The van der Waals surface area contributed by atoms with Crippen LogP contribution in [0.15, 0.2) is 78.9 Å². The van der Waals surface area contributed by atoms with Crippen molar-refractivity contribution in [2.45, 2.75) is 19.1 Å². The van der Waals surface area contributed by atoms with Crippen molar-refractivity contribution in [1.82, 2.24) is 4.90 Å². The largest absolute Gasteiger partial charge is 0.490 e. The fraction of sp³-hybridized carbons (Fsp3) is 0.250. The van der Waals surface area contributed by atoms with Crippen LogP contribution in [0.1, 0.15) is 34.5 Å². The fourth-order valence-electron chi connectivity index (χ4n) is 4.37. The molecule has 1 amide bonds. The molecule has 3 N–H and O–H groups in total. The number of aromatic carboxylic acids is 1. The number of rotatable bonds is 6. The average molecular weight is 544 g/mol. The Bertz CT molecular complexity index is 1240. The van der Waals surface area contributed by atoms with Crippen molar-refractivity contribution in [1.29, 1.82) is 0 Å². The SMILES string of the molecule is CC(=O)Nc1ccc(N2CCN(C(c3ccccc3)c3ccccc3)CC2)c(C(=O)O)c1.O=C(O)C(F)(F)F. The van der Waals surface area contributed by atoms with Crippen molar-refractivity contribution >= 4 is 29.2 Å². The normalized spacial score (nSPS) is 13.8. The van der Waals surface area contributed by atoms with Crippen molar-refractivity contribution < 1.29 is 37.8 Å². The van der Waals surface area contributed by atoms with Gasteiger partial charge in [-0.3, -0.25) is 9.69 Å². The van der Waals surface area contributed by atoms with Crippen molar-refractivity contribution in [2.75, 3.05) is 36.4 Å². The Balaban J connectivity index is 0.000000532. The van der Waals surface area contributed by atoms with Crippen LogP contribution < -0.4 is 10.2 Å². The Hall–Kier alpha value is -4.38. The van der Waals surface area contributed by atoms with Gasteiger partial charge in [-0.05, 0) is 29.3 Å². The van der Waals surface area contributed by atoms with E-state index in [-0.39, 0.29) is 17.5 Å². The monoisotopic (exact) mass is 543 g/mol. The molecule has 0 unspecified atom stereocenters. The number of aliphatic carboxylic acids is 1. The molecule has 39 heavy (non-hydrogen) atoms. The van der Waals surface area contributed by atoms with Crippen LogP contribution in [0.5, 0.6) is 0 Å². The maximum absolute atomic E-state index is 11.9. The minimum absolute atomic E-state index is 0.153. The molecule has 0 saturated carbocycles. The number of halogens is 3. The molecule has 0 spiro atoms. The second-order valence-electron chi connectivity index (χ2n) is 8.77. The molecule has 0 aromatic heterocycles. The molecule has 0 bridgehead atoms. The van der Waals surface area contributed by atoms with E-state index in [4.69, 9.17) is 9.90 Å². The molecule has 3 aromatic rings. The van der Waals surface area contributed by atoms with Crippen LogP contribution in [0.3, 0.4) is 0 Å². The molecule has 1 saturated heterocycles. The van der Waals surface area contributed by atoms with Gasteiger partial charge in [0.1, 0.15) is 0 Å². The van der Waals surface area contributed by atoms with E-state index in [0.29, 0.717) is 11.4 Å². The summed E-state index contributed by atoms with van der Waals surface area (Å²) in [7, 11) is 0. The van der Waals surface area contributed by atoms with Crippen molar-refractivity contribution in [3.8, 4) is 0 Å². The lowest BCUT2D eigenvalue weighted by Crippen LogP contribution is -2.48. The molecule has 11 heteroatoms. The second-order valence-corrected chi connectivity index (χ2v) is 8.77. The zero-order valence-corrected chi connectivity index (χ0v) is 21.1. The smallest absolute Gasteiger partial charge is 0.478 e. The number of hydrogen-bond acceptors (Lipinski definition) is 5. The number of benzene rings is 3. The predicted octanol–water partition coefficient (Wildman–Crippen LogP) is 4.89. The molecule has 3 aromatic carbocycles. The first-order chi connectivity index (χ1) is 18.5. The number of carbonyl (C=O) groups excluding carboxylic acids is 1. The number of alkyl halides is 3. The highest BCUT2D eigenvalue weighted by Crippen LogP contribution is 2.31. The van der Waals surface area contributed by atoms with Gasteiger partial charge in [0.25, 0.3) is 0 Å². The first kappa shape index (κ1) is 29.2. The summed E-state index contributed by atoms with van der Waals surface area (Å²) in [4.78, 5) is 36.7. The summed E-state index contributed by atoms with van der Waals surface area (Å²) in [6.07, 6.45) is -5.08. The second kappa shape index (κ2) is 12.9. The zero-order chi connectivity index (χ0) is 28.6. The van der Waals surface area contributed by atoms with Crippen molar-refractivity contribution in [2.24, 2.45) is 0 Å². The Morgan fingerprint density at radius 2 is 1.31 bits per heavy atom. The number of carboxylic acids is 2. The van der Waals surface area contributed by atoms with Crippen LogP contribution >= 0.6 is 0 Å². The number of carbonyl (C=O) groups is 3. The van der Waals surface area contributed by atoms with Gasteiger partial charge in [0.15, 0.2) is 0 Å². The zero-order valence-electron chi connectivity index (χ0n) is 21.1. The number of nitrogens with zero attached hydrogens (tertiary/aromatic N) is 2. The van der Waals surface area contributed by atoms with Crippen molar-refractivity contribution in [3.63, 3.8) is 0 Å². The predicted molar refractivity (Wildman–Crippen MR) is 140 cm³/mol. The molecule has 0 aliphatic carbocycles. The summed E-state index contributed by atoms with van der Waals surface area (Å²) < 4.78 is 31.7. The van der Waals surface area contributed by atoms with Gasteiger partial charge in [0.05, 0.1) is 17.3 Å². The Kier molecular flexibility index (Phi) is 9.67. The molecule has 1 heterocycles. The highest BCUT2D eigenvalue weighted by molar-refractivity contribution is 5.97. The van der Waals surface area contributed by atoms with Gasteiger partial charge in [-0.1, -0.05) is 60.7 Å². The van der Waals surface area contributed by atoms with Gasteiger partial charge < -0.3 is 20.4 Å². The van der Waals surface area contributed by atoms with E-state index in [1.54, 1.807) is 12.1 Å². The van der Waals surface area contributed by atoms with Gasteiger partial charge in [-0.2, -0.15) is 13.2 Å². The molecule has 0 atom stereocenters. The molecule has 4 rings (SSSR count). The third-order valence-corrected chi connectivity index (χ3v) is 6.04. The summed E-state index contributed by atoms with van der Waals surface area (Å²) in [5.74, 6) is -3.98.